The molecular formula is C29H19N5O. The van der Waals surface area contributed by atoms with E-state index in [2.05, 4.69) is 46.2 Å². The molecular weight excluding hydrogens is 434 g/mol. The lowest BCUT2D eigenvalue weighted by molar-refractivity contribution is 0.475. The van der Waals surface area contributed by atoms with Crippen LogP contribution < -0.4 is 4.74 Å². The number of rotatable bonds is 2. The summed E-state index contributed by atoms with van der Waals surface area (Å²) < 4.78 is 11.0. The van der Waals surface area contributed by atoms with Crippen molar-refractivity contribution in [3.8, 4) is 28.6 Å². The van der Waals surface area contributed by atoms with Crippen LogP contribution in [-0.4, -0.2) is 23.9 Å². The van der Waals surface area contributed by atoms with Crippen LogP contribution in [0, 0.1) is 0 Å². The van der Waals surface area contributed by atoms with E-state index in [0.717, 1.165) is 79.4 Å². The first-order valence-electron chi connectivity index (χ1n) is 11.8. The Labute approximate surface area is 200 Å². The van der Waals surface area contributed by atoms with Gasteiger partial charge in [0.15, 0.2) is 17.3 Å². The fraction of sp³-hybridized carbons (Fsp3) is 0.0690. The van der Waals surface area contributed by atoms with Gasteiger partial charge in [0.05, 0.1) is 33.3 Å². The standard InChI is InChI=1S/C29H19N5O/c1-2-25-30-21-16-15-18(27-26(21)33(25)23-13-7-8-14-24(23)35-27)29-31-19-10-4-3-9-17(19)28-32-20-11-5-6-12-22(20)34(28)29/h3-16H,2H2,1H3. The van der Waals surface area contributed by atoms with Crippen LogP contribution >= 0.6 is 0 Å². The van der Waals surface area contributed by atoms with E-state index < -0.39 is 0 Å². The number of fused-ring (bicyclic) bond motifs is 7. The fourth-order valence-corrected chi connectivity index (χ4v) is 5.33. The predicted octanol–water partition coefficient (Wildman–Crippen LogP) is 6.71. The maximum Gasteiger partial charge on any atom is 0.164 e. The normalized spacial score (nSPS) is 12.5. The van der Waals surface area contributed by atoms with Crippen LogP contribution in [0.25, 0.3) is 55.7 Å². The average molecular weight is 454 g/mol. The van der Waals surface area contributed by atoms with E-state index in [-0.39, 0.29) is 0 Å². The van der Waals surface area contributed by atoms with Crippen molar-refractivity contribution in [3.63, 3.8) is 0 Å². The van der Waals surface area contributed by atoms with Gasteiger partial charge in [-0.1, -0.05) is 43.3 Å². The summed E-state index contributed by atoms with van der Waals surface area (Å²) in [5.74, 6) is 3.40. The molecule has 7 aromatic rings. The molecule has 1 aliphatic rings. The smallest absolute Gasteiger partial charge is 0.164 e. The number of benzene rings is 4. The molecule has 0 saturated heterocycles. The topological polar surface area (TPSA) is 57.2 Å². The lowest BCUT2D eigenvalue weighted by atomic mass is 10.1. The molecule has 6 nitrogen and oxygen atoms in total. The van der Waals surface area contributed by atoms with E-state index in [1.165, 1.54) is 0 Å². The molecule has 0 spiro atoms. The van der Waals surface area contributed by atoms with Gasteiger partial charge in [0.25, 0.3) is 0 Å². The quantitative estimate of drug-likeness (QED) is 0.292. The number of hydrogen-bond donors (Lipinski definition) is 0. The SMILES string of the molecule is CCc1nc2ccc(-c3nc4ccccc4c4nc5ccccc5n34)c3c2n1-c1ccccc1O3. The molecule has 0 unspecified atom stereocenters. The Morgan fingerprint density at radius 1 is 0.743 bits per heavy atom. The molecule has 0 atom stereocenters. The zero-order valence-electron chi connectivity index (χ0n) is 18.9. The molecule has 0 radical (unpaired) electrons. The van der Waals surface area contributed by atoms with Crippen LogP contribution in [0.2, 0.25) is 0 Å². The zero-order valence-corrected chi connectivity index (χ0v) is 18.9. The van der Waals surface area contributed by atoms with Gasteiger partial charge in [-0.3, -0.25) is 8.97 Å². The van der Waals surface area contributed by atoms with Crippen LogP contribution in [0.3, 0.4) is 0 Å². The van der Waals surface area contributed by atoms with Gasteiger partial charge in [-0.15, -0.1) is 0 Å². The number of aryl methyl sites for hydroxylation is 1. The van der Waals surface area contributed by atoms with Crippen LogP contribution in [0.5, 0.6) is 11.5 Å². The second-order valence-electron chi connectivity index (χ2n) is 8.81. The van der Waals surface area contributed by atoms with E-state index in [9.17, 15) is 0 Å². The first-order chi connectivity index (χ1) is 17.3. The molecule has 4 heterocycles. The Hall–Kier alpha value is -4.71. The summed E-state index contributed by atoms with van der Waals surface area (Å²) in [5.41, 5.74) is 7.56. The minimum atomic E-state index is 0.773. The van der Waals surface area contributed by atoms with Crippen LogP contribution in [0.1, 0.15) is 12.7 Å². The lowest BCUT2D eigenvalue weighted by Crippen LogP contribution is -2.08. The number of ether oxygens (including phenoxy) is 1. The van der Waals surface area contributed by atoms with Crippen LogP contribution in [0.4, 0.5) is 0 Å². The van der Waals surface area contributed by atoms with Crippen molar-refractivity contribution in [1.82, 2.24) is 23.9 Å². The monoisotopic (exact) mass is 453 g/mol. The first kappa shape index (κ1) is 18.7. The third-order valence-corrected chi connectivity index (χ3v) is 6.86. The van der Waals surface area contributed by atoms with Gasteiger partial charge < -0.3 is 4.74 Å². The van der Waals surface area contributed by atoms with E-state index in [1.807, 2.05) is 54.6 Å². The Balaban J connectivity index is 1.55. The van der Waals surface area contributed by atoms with Crippen molar-refractivity contribution >= 4 is 38.6 Å². The first-order valence-corrected chi connectivity index (χ1v) is 11.8. The Morgan fingerprint density at radius 2 is 1.54 bits per heavy atom. The largest absolute Gasteiger partial charge is 0.452 e. The molecule has 0 bridgehead atoms. The van der Waals surface area contributed by atoms with Gasteiger partial charge in [0, 0.05) is 11.8 Å². The van der Waals surface area contributed by atoms with Gasteiger partial charge in [0.2, 0.25) is 0 Å². The molecule has 6 heteroatoms. The molecule has 0 N–H and O–H groups in total. The van der Waals surface area contributed by atoms with Crippen LogP contribution in [-0.2, 0) is 6.42 Å². The van der Waals surface area contributed by atoms with Crippen molar-refractivity contribution < 1.29 is 4.74 Å². The highest BCUT2D eigenvalue weighted by Gasteiger charge is 2.28. The Kier molecular flexibility index (Phi) is 3.56. The number of hydrogen-bond acceptors (Lipinski definition) is 4. The van der Waals surface area contributed by atoms with Gasteiger partial charge in [-0.2, -0.15) is 0 Å². The maximum absolute atomic E-state index is 6.61. The summed E-state index contributed by atoms with van der Waals surface area (Å²) in [6.07, 6.45) is 0.822. The molecule has 4 aromatic carbocycles. The summed E-state index contributed by atoms with van der Waals surface area (Å²) in [4.78, 5) is 15.1. The average Bonchev–Trinajstić information content (AvgIpc) is 3.49. The minimum absolute atomic E-state index is 0.773. The highest BCUT2D eigenvalue weighted by atomic mass is 16.5. The highest BCUT2D eigenvalue weighted by Crippen LogP contribution is 2.46. The zero-order chi connectivity index (χ0) is 23.1. The fourth-order valence-electron chi connectivity index (χ4n) is 5.33. The van der Waals surface area contributed by atoms with Crippen molar-refractivity contribution in [1.29, 1.82) is 0 Å². The molecule has 1 aliphatic heterocycles. The molecule has 0 amide bonds. The number of aromatic nitrogens is 5. The summed E-state index contributed by atoms with van der Waals surface area (Å²) >= 11 is 0. The van der Waals surface area contributed by atoms with E-state index >= 15 is 0 Å². The third-order valence-electron chi connectivity index (χ3n) is 6.86. The predicted molar refractivity (Wildman–Crippen MR) is 138 cm³/mol. The molecule has 0 fully saturated rings. The Morgan fingerprint density at radius 3 is 2.46 bits per heavy atom. The molecule has 3 aromatic heterocycles. The van der Waals surface area contributed by atoms with Gasteiger partial charge >= 0.3 is 0 Å². The Bertz CT molecular complexity index is 1980. The number of nitrogens with zero attached hydrogens (tertiary/aromatic N) is 5. The third kappa shape index (κ3) is 2.40. The second kappa shape index (κ2) is 6.67. The highest BCUT2D eigenvalue weighted by molar-refractivity contribution is 6.00. The van der Waals surface area contributed by atoms with E-state index in [1.54, 1.807) is 0 Å². The number of para-hydroxylation sites is 5. The molecule has 0 saturated carbocycles. The van der Waals surface area contributed by atoms with Gasteiger partial charge in [-0.25, -0.2) is 15.0 Å². The van der Waals surface area contributed by atoms with Crippen molar-refractivity contribution in [2.75, 3.05) is 0 Å². The summed E-state index contributed by atoms with van der Waals surface area (Å²) in [6, 6.07) is 28.6. The summed E-state index contributed by atoms with van der Waals surface area (Å²) in [5, 5.41) is 1.02. The number of imidazole rings is 2. The maximum atomic E-state index is 6.61. The van der Waals surface area contributed by atoms with E-state index in [0.29, 0.717) is 0 Å². The van der Waals surface area contributed by atoms with Crippen LogP contribution in [0.15, 0.2) is 84.9 Å². The van der Waals surface area contributed by atoms with E-state index in [4.69, 9.17) is 19.7 Å². The van der Waals surface area contributed by atoms with Gasteiger partial charge in [-0.05, 0) is 48.5 Å². The molecule has 166 valence electrons. The molecule has 35 heavy (non-hydrogen) atoms. The van der Waals surface area contributed by atoms with Crippen molar-refractivity contribution in [2.24, 2.45) is 0 Å². The second-order valence-corrected chi connectivity index (χ2v) is 8.81. The molecule has 0 aliphatic carbocycles. The summed E-state index contributed by atoms with van der Waals surface area (Å²) in [6.45, 7) is 2.13. The minimum Gasteiger partial charge on any atom is -0.452 e. The lowest BCUT2D eigenvalue weighted by Gasteiger charge is -2.23. The summed E-state index contributed by atoms with van der Waals surface area (Å²) in [7, 11) is 0. The van der Waals surface area contributed by atoms with Gasteiger partial charge in [0.1, 0.15) is 17.0 Å². The van der Waals surface area contributed by atoms with Crippen molar-refractivity contribution in [2.45, 2.75) is 13.3 Å². The molecule has 8 rings (SSSR count). The van der Waals surface area contributed by atoms with Crippen molar-refractivity contribution in [3.05, 3.63) is 90.8 Å².